The molecule has 8 heteroatoms. The average Bonchev–Trinajstić information content (AvgIpc) is 2.98. The Morgan fingerprint density at radius 3 is 2.78 bits per heavy atom. The number of carbonyl (C=O) groups excluding carboxylic acids is 2. The van der Waals surface area contributed by atoms with Gasteiger partial charge >= 0.3 is 6.03 Å². The predicted molar refractivity (Wildman–Crippen MR) is 79.3 cm³/mol. The van der Waals surface area contributed by atoms with Gasteiger partial charge < -0.3 is 4.52 Å². The SMILES string of the molecule is CC(C)c1noc(-c2ccc(F)c(N3CCC(=O)NC3=O)c2)n1. The average molecular weight is 318 g/mol. The first-order valence-electron chi connectivity index (χ1n) is 7.20. The lowest BCUT2D eigenvalue weighted by atomic mass is 10.1. The van der Waals surface area contributed by atoms with Crippen LogP contribution in [0.1, 0.15) is 32.0 Å². The van der Waals surface area contributed by atoms with Crippen molar-refractivity contribution in [2.45, 2.75) is 26.2 Å². The number of nitrogens with one attached hydrogen (secondary N) is 1. The first kappa shape index (κ1) is 15.1. The number of aromatic nitrogens is 2. The molecule has 1 aliphatic rings. The largest absolute Gasteiger partial charge is 0.334 e. The predicted octanol–water partition coefficient (Wildman–Crippen LogP) is 2.45. The number of benzene rings is 1. The Morgan fingerprint density at radius 2 is 2.13 bits per heavy atom. The Bertz CT molecular complexity index is 772. The summed E-state index contributed by atoms with van der Waals surface area (Å²) in [7, 11) is 0. The van der Waals surface area contributed by atoms with Crippen molar-refractivity contribution in [3.63, 3.8) is 0 Å². The molecular formula is C15H15FN4O3. The van der Waals surface area contributed by atoms with Crippen LogP contribution in [0, 0.1) is 5.82 Å². The summed E-state index contributed by atoms with van der Waals surface area (Å²) in [6.45, 7) is 3.98. The second-order valence-corrected chi connectivity index (χ2v) is 5.53. The Kier molecular flexibility index (Phi) is 3.81. The van der Waals surface area contributed by atoms with E-state index in [1.54, 1.807) is 0 Å². The lowest BCUT2D eigenvalue weighted by Crippen LogP contribution is -2.49. The molecule has 0 radical (unpaired) electrons. The Labute approximate surface area is 131 Å². The minimum absolute atomic E-state index is 0.0665. The van der Waals surface area contributed by atoms with Crippen molar-refractivity contribution >= 4 is 17.6 Å². The van der Waals surface area contributed by atoms with Crippen molar-refractivity contribution in [3.05, 3.63) is 29.8 Å². The van der Waals surface area contributed by atoms with E-state index in [0.29, 0.717) is 11.4 Å². The van der Waals surface area contributed by atoms with E-state index < -0.39 is 11.8 Å². The van der Waals surface area contributed by atoms with E-state index in [9.17, 15) is 14.0 Å². The summed E-state index contributed by atoms with van der Waals surface area (Å²) < 4.78 is 19.3. The zero-order valence-corrected chi connectivity index (χ0v) is 12.7. The molecular weight excluding hydrogens is 303 g/mol. The molecule has 1 fully saturated rings. The molecule has 0 atom stereocenters. The molecule has 1 saturated heterocycles. The minimum atomic E-state index is -0.648. The standard InChI is InChI=1S/C15H15FN4O3/c1-8(2)13-18-14(23-19-13)9-3-4-10(16)11(7-9)20-6-5-12(21)17-15(20)22/h3-4,7-8H,5-6H2,1-2H3,(H,17,21,22). The lowest BCUT2D eigenvalue weighted by Gasteiger charge is -2.27. The molecule has 2 aromatic rings. The van der Waals surface area contributed by atoms with Gasteiger partial charge in [-0.1, -0.05) is 19.0 Å². The van der Waals surface area contributed by atoms with Crippen molar-refractivity contribution in [1.29, 1.82) is 0 Å². The van der Waals surface area contributed by atoms with E-state index in [1.807, 2.05) is 13.8 Å². The molecule has 0 spiro atoms. The van der Waals surface area contributed by atoms with Gasteiger partial charge in [0.15, 0.2) is 5.82 Å². The van der Waals surface area contributed by atoms with Gasteiger partial charge in [0.2, 0.25) is 5.91 Å². The number of urea groups is 1. The summed E-state index contributed by atoms with van der Waals surface area (Å²) in [5, 5.41) is 6.03. The van der Waals surface area contributed by atoms with Gasteiger partial charge in [-0.25, -0.2) is 9.18 Å². The fourth-order valence-electron chi connectivity index (χ4n) is 2.23. The van der Waals surface area contributed by atoms with Crippen LogP contribution in [0.25, 0.3) is 11.5 Å². The smallest absolute Gasteiger partial charge is 0.328 e. The highest BCUT2D eigenvalue weighted by Gasteiger charge is 2.27. The van der Waals surface area contributed by atoms with Gasteiger partial charge in [-0.15, -0.1) is 0 Å². The molecule has 7 nitrogen and oxygen atoms in total. The van der Waals surface area contributed by atoms with Crippen LogP contribution < -0.4 is 10.2 Å². The Morgan fingerprint density at radius 1 is 1.35 bits per heavy atom. The van der Waals surface area contributed by atoms with Crippen LogP contribution in [0.2, 0.25) is 0 Å². The van der Waals surface area contributed by atoms with Crippen LogP contribution in [0.4, 0.5) is 14.9 Å². The second kappa shape index (κ2) is 5.79. The molecule has 1 aliphatic heterocycles. The fraction of sp³-hybridized carbons (Fsp3) is 0.333. The van der Waals surface area contributed by atoms with Crippen LogP contribution >= 0.6 is 0 Å². The molecule has 1 aromatic carbocycles. The number of nitrogens with zero attached hydrogens (tertiary/aromatic N) is 3. The van der Waals surface area contributed by atoms with Crippen LogP contribution in [-0.2, 0) is 4.79 Å². The number of hydrogen-bond acceptors (Lipinski definition) is 5. The zero-order chi connectivity index (χ0) is 16.6. The number of amides is 3. The van der Waals surface area contributed by atoms with E-state index in [1.165, 1.54) is 23.1 Å². The molecule has 0 aliphatic carbocycles. The van der Waals surface area contributed by atoms with Crippen molar-refractivity contribution in [2.24, 2.45) is 0 Å². The molecule has 1 N–H and O–H groups in total. The minimum Gasteiger partial charge on any atom is -0.334 e. The van der Waals surface area contributed by atoms with Gasteiger partial charge in [-0.2, -0.15) is 4.98 Å². The maximum absolute atomic E-state index is 14.1. The third kappa shape index (κ3) is 2.92. The van der Waals surface area contributed by atoms with E-state index in [4.69, 9.17) is 4.52 Å². The van der Waals surface area contributed by atoms with Crippen LogP contribution in [0.5, 0.6) is 0 Å². The maximum Gasteiger partial charge on any atom is 0.328 e. The van der Waals surface area contributed by atoms with Gasteiger partial charge in [-0.3, -0.25) is 15.0 Å². The van der Waals surface area contributed by atoms with Gasteiger partial charge in [-0.05, 0) is 18.2 Å². The van der Waals surface area contributed by atoms with Crippen molar-refractivity contribution in [1.82, 2.24) is 15.5 Å². The molecule has 3 amide bonds. The highest BCUT2D eigenvalue weighted by Crippen LogP contribution is 2.28. The Balaban J connectivity index is 1.95. The highest BCUT2D eigenvalue weighted by atomic mass is 19.1. The maximum atomic E-state index is 14.1. The summed E-state index contributed by atoms with van der Waals surface area (Å²) in [4.78, 5) is 28.5. The zero-order valence-electron chi connectivity index (χ0n) is 12.7. The first-order chi connectivity index (χ1) is 11.0. The summed E-state index contributed by atoms with van der Waals surface area (Å²) >= 11 is 0. The van der Waals surface area contributed by atoms with Gasteiger partial charge in [0, 0.05) is 24.4 Å². The number of imide groups is 1. The summed E-state index contributed by atoms with van der Waals surface area (Å²) in [6.07, 6.45) is 0.119. The molecule has 0 bridgehead atoms. The Hall–Kier alpha value is -2.77. The molecule has 3 rings (SSSR count). The van der Waals surface area contributed by atoms with E-state index >= 15 is 0 Å². The number of carbonyl (C=O) groups is 2. The lowest BCUT2D eigenvalue weighted by molar-refractivity contribution is -0.120. The normalized spacial score (nSPS) is 15.2. The second-order valence-electron chi connectivity index (χ2n) is 5.53. The molecule has 23 heavy (non-hydrogen) atoms. The quantitative estimate of drug-likeness (QED) is 0.939. The van der Waals surface area contributed by atoms with Crippen molar-refractivity contribution in [2.75, 3.05) is 11.4 Å². The van der Waals surface area contributed by atoms with Crippen LogP contribution in [0.3, 0.4) is 0 Å². The number of rotatable bonds is 3. The number of hydrogen-bond donors (Lipinski definition) is 1. The van der Waals surface area contributed by atoms with E-state index in [2.05, 4.69) is 15.5 Å². The molecule has 2 heterocycles. The van der Waals surface area contributed by atoms with Crippen molar-refractivity contribution in [3.8, 4) is 11.5 Å². The highest BCUT2D eigenvalue weighted by molar-refractivity contribution is 6.05. The van der Waals surface area contributed by atoms with Gasteiger partial charge in [0.05, 0.1) is 5.69 Å². The van der Waals surface area contributed by atoms with Crippen LogP contribution in [-0.4, -0.2) is 28.6 Å². The molecule has 0 saturated carbocycles. The van der Waals surface area contributed by atoms with Gasteiger partial charge in [0.1, 0.15) is 5.82 Å². The van der Waals surface area contributed by atoms with E-state index in [0.717, 1.165) is 0 Å². The third-order valence-electron chi connectivity index (χ3n) is 3.50. The third-order valence-corrected chi connectivity index (χ3v) is 3.50. The molecule has 0 unspecified atom stereocenters. The van der Waals surface area contributed by atoms with Gasteiger partial charge in [0.25, 0.3) is 5.89 Å². The fourth-order valence-corrected chi connectivity index (χ4v) is 2.23. The summed E-state index contributed by atoms with van der Waals surface area (Å²) in [5.41, 5.74) is 0.572. The summed E-state index contributed by atoms with van der Waals surface area (Å²) in [6, 6.07) is 3.55. The topological polar surface area (TPSA) is 88.3 Å². The monoisotopic (exact) mass is 318 g/mol. The molecule has 1 aromatic heterocycles. The molecule has 120 valence electrons. The number of halogens is 1. The van der Waals surface area contributed by atoms with E-state index in [-0.39, 0.29) is 36.4 Å². The first-order valence-corrected chi connectivity index (χ1v) is 7.20. The van der Waals surface area contributed by atoms with Crippen LogP contribution in [0.15, 0.2) is 22.7 Å². The summed E-state index contributed by atoms with van der Waals surface area (Å²) in [5.74, 6) is -0.0370. The van der Waals surface area contributed by atoms with Crippen molar-refractivity contribution < 1.29 is 18.5 Å². The number of anilines is 1.